The SMILES string of the molecule is CN=C(NCCc1ccccc1)N1CCC(NC(=O)OC(C)(C)C)C1.I. The van der Waals surface area contributed by atoms with Crippen LogP contribution in [0, 0.1) is 0 Å². The summed E-state index contributed by atoms with van der Waals surface area (Å²) in [6.45, 7) is 8.04. The Balaban J connectivity index is 0.00000338. The zero-order chi connectivity index (χ0) is 18.3. The highest BCUT2D eigenvalue weighted by molar-refractivity contribution is 14.0. The third-order valence-corrected chi connectivity index (χ3v) is 3.96. The van der Waals surface area contributed by atoms with E-state index in [1.54, 1.807) is 7.05 Å². The summed E-state index contributed by atoms with van der Waals surface area (Å²) in [5.41, 5.74) is 0.827. The highest BCUT2D eigenvalue weighted by Gasteiger charge is 2.27. The van der Waals surface area contributed by atoms with E-state index in [0.29, 0.717) is 0 Å². The Bertz CT molecular complexity index is 587. The monoisotopic (exact) mass is 474 g/mol. The lowest BCUT2D eigenvalue weighted by molar-refractivity contribution is 0.0507. The van der Waals surface area contributed by atoms with Gasteiger partial charge in [0.1, 0.15) is 5.60 Å². The predicted molar refractivity (Wildman–Crippen MR) is 116 cm³/mol. The van der Waals surface area contributed by atoms with Gasteiger partial charge >= 0.3 is 6.09 Å². The normalized spacial score (nSPS) is 17.5. The van der Waals surface area contributed by atoms with Crippen LogP contribution in [0.3, 0.4) is 0 Å². The van der Waals surface area contributed by atoms with Gasteiger partial charge in [-0.05, 0) is 39.2 Å². The van der Waals surface area contributed by atoms with Crippen molar-refractivity contribution >= 4 is 36.0 Å². The molecule has 7 heteroatoms. The van der Waals surface area contributed by atoms with Crippen LogP contribution in [0.4, 0.5) is 4.79 Å². The highest BCUT2D eigenvalue weighted by atomic mass is 127. The lowest BCUT2D eigenvalue weighted by Crippen LogP contribution is -2.44. The number of hydrogen-bond donors (Lipinski definition) is 2. The molecule has 0 bridgehead atoms. The van der Waals surface area contributed by atoms with E-state index in [4.69, 9.17) is 4.74 Å². The van der Waals surface area contributed by atoms with E-state index < -0.39 is 5.60 Å². The van der Waals surface area contributed by atoms with Crippen LogP contribution in [0.2, 0.25) is 0 Å². The maximum atomic E-state index is 11.9. The number of amides is 1. The third kappa shape index (κ3) is 7.80. The summed E-state index contributed by atoms with van der Waals surface area (Å²) < 4.78 is 5.32. The fourth-order valence-electron chi connectivity index (χ4n) is 2.84. The van der Waals surface area contributed by atoms with E-state index in [-0.39, 0.29) is 36.1 Å². The maximum absolute atomic E-state index is 11.9. The van der Waals surface area contributed by atoms with Gasteiger partial charge in [-0.15, -0.1) is 24.0 Å². The van der Waals surface area contributed by atoms with Gasteiger partial charge in [-0.25, -0.2) is 4.79 Å². The Morgan fingerprint density at radius 1 is 1.31 bits per heavy atom. The van der Waals surface area contributed by atoms with Gasteiger partial charge < -0.3 is 20.3 Å². The molecule has 2 rings (SSSR count). The second kappa shape index (κ2) is 10.6. The number of carbonyl (C=O) groups excluding carboxylic acids is 1. The van der Waals surface area contributed by atoms with Gasteiger partial charge in [0.25, 0.3) is 0 Å². The van der Waals surface area contributed by atoms with Gasteiger partial charge in [-0.2, -0.15) is 0 Å². The molecule has 0 radical (unpaired) electrons. The number of alkyl carbamates (subject to hydrolysis) is 1. The van der Waals surface area contributed by atoms with Crippen molar-refractivity contribution in [2.75, 3.05) is 26.7 Å². The minimum Gasteiger partial charge on any atom is -0.444 e. The number of ether oxygens (including phenoxy) is 1. The summed E-state index contributed by atoms with van der Waals surface area (Å²) in [4.78, 5) is 18.4. The lowest BCUT2D eigenvalue weighted by Gasteiger charge is -2.23. The molecule has 26 heavy (non-hydrogen) atoms. The molecule has 1 aliphatic heterocycles. The molecule has 1 heterocycles. The van der Waals surface area contributed by atoms with Gasteiger partial charge in [0.2, 0.25) is 0 Å². The van der Waals surface area contributed by atoms with Crippen molar-refractivity contribution < 1.29 is 9.53 Å². The first-order valence-corrected chi connectivity index (χ1v) is 8.86. The molecule has 0 aliphatic carbocycles. The van der Waals surface area contributed by atoms with Crippen LogP contribution in [-0.4, -0.2) is 55.3 Å². The number of likely N-dealkylation sites (tertiary alicyclic amines) is 1. The maximum Gasteiger partial charge on any atom is 0.407 e. The summed E-state index contributed by atoms with van der Waals surface area (Å²) >= 11 is 0. The Labute approximate surface area is 173 Å². The Morgan fingerprint density at radius 2 is 2.00 bits per heavy atom. The second-order valence-corrected chi connectivity index (χ2v) is 7.29. The third-order valence-electron chi connectivity index (χ3n) is 3.96. The van der Waals surface area contributed by atoms with E-state index in [9.17, 15) is 4.79 Å². The molecule has 1 aromatic carbocycles. The van der Waals surface area contributed by atoms with Gasteiger partial charge in [-0.3, -0.25) is 4.99 Å². The van der Waals surface area contributed by atoms with Crippen LogP contribution in [0.1, 0.15) is 32.8 Å². The zero-order valence-corrected chi connectivity index (χ0v) is 18.4. The average Bonchev–Trinajstić information content (AvgIpc) is 2.99. The smallest absolute Gasteiger partial charge is 0.407 e. The predicted octanol–water partition coefficient (Wildman–Crippen LogP) is 3.02. The van der Waals surface area contributed by atoms with Crippen LogP contribution in [-0.2, 0) is 11.2 Å². The molecule has 1 fully saturated rings. The molecule has 1 saturated heterocycles. The number of carbonyl (C=O) groups is 1. The fourth-order valence-corrected chi connectivity index (χ4v) is 2.84. The van der Waals surface area contributed by atoms with E-state index >= 15 is 0 Å². The molecule has 1 aromatic rings. The molecule has 2 N–H and O–H groups in total. The van der Waals surface area contributed by atoms with Crippen molar-refractivity contribution in [3.05, 3.63) is 35.9 Å². The molecule has 0 aromatic heterocycles. The van der Waals surface area contributed by atoms with Crippen molar-refractivity contribution in [2.45, 2.75) is 45.3 Å². The molecule has 1 amide bonds. The van der Waals surface area contributed by atoms with E-state index in [1.165, 1.54) is 5.56 Å². The average molecular weight is 474 g/mol. The molecule has 1 unspecified atom stereocenters. The summed E-state index contributed by atoms with van der Waals surface area (Å²) in [6.07, 6.45) is 1.48. The van der Waals surface area contributed by atoms with Crippen LogP contribution < -0.4 is 10.6 Å². The van der Waals surface area contributed by atoms with Crippen LogP contribution in [0.25, 0.3) is 0 Å². The molecule has 1 aliphatic rings. The summed E-state index contributed by atoms with van der Waals surface area (Å²) in [7, 11) is 1.79. The first kappa shape index (κ1) is 22.5. The van der Waals surface area contributed by atoms with Crippen molar-refractivity contribution in [1.29, 1.82) is 0 Å². The Hall–Kier alpha value is -1.51. The van der Waals surface area contributed by atoms with E-state index in [0.717, 1.165) is 38.4 Å². The van der Waals surface area contributed by atoms with E-state index in [2.05, 4.69) is 44.8 Å². The number of benzene rings is 1. The van der Waals surface area contributed by atoms with Gasteiger partial charge in [0.05, 0.1) is 6.04 Å². The zero-order valence-electron chi connectivity index (χ0n) is 16.1. The number of rotatable bonds is 4. The number of nitrogens with one attached hydrogen (secondary N) is 2. The minimum absolute atomic E-state index is 0. The summed E-state index contributed by atoms with van der Waals surface area (Å²) in [6, 6.07) is 10.5. The second-order valence-electron chi connectivity index (χ2n) is 7.29. The van der Waals surface area contributed by atoms with Crippen molar-refractivity contribution in [1.82, 2.24) is 15.5 Å². The molecule has 1 atom stereocenters. The molecule has 146 valence electrons. The number of hydrogen-bond acceptors (Lipinski definition) is 3. The van der Waals surface area contributed by atoms with Gasteiger partial charge in [-0.1, -0.05) is 30.3 Å². The first-order chi connectivity index (χ1) is 11.9. The van der Waals surface area contributed by atoms with Crippen molar-refractivity contribution in [3.63, 3.8) is 0 Å². The molecular weight excluding hydrogens is 443 g/mol. The van der Waals surface area contributed by atoms with E-state index in [1.807, 2.05) is 26.8 Å². The molecule has 0 saturated carbocycles. The standard InChI is InChI=1S/C19H30N4O2.HI/c1-19(2,3)25-18(24)22-16-11-13-23(14-16)17(20-4)21-12-10-15-8-6-5-7-9-15;/h5-9,16H,10-14H2,1-4H3,(H,20,21)(H,22,24);1H. The molecule has 0 spiro atoms. The molecular formula is C19H31IN4O2. The lowest BCUT2D eigenvalue weighted by atomic mass is 10.1. The van der Waals surface area contributed by atoms with Crippen molar-refractivity contribution in [3.8, 4) is 0 Å². The van der Waals surface area contributed by atoms with Crippen molar-refractivity contribution in [2.24, 2.45) is 4.99 Å². The quantitative estimate of drug-likeness (QED) is 0.400. The minimum atomic E-state index is -0.475. The largest absolute Gasteiger partial charge is 0.444 e. The Kier molecular flexibility index (Phi) is 9.18. The summed E-state index contributed by atoms with van der Waals surface area (Å²) in [5, 5.41) is 6.34. The number of aliphatic imine (C=N–C) groups is 1. The van der Waals surface area contributed by atoms with Crippen LogP contribution >= 0.6 is 24.0 Å². The number of guanidine groups is 1. The van der Waals surface area contributed by atoms with Gasteiger partial charge in [0, 0.05) is 26.7 Å². The van der Waals surface area contributed by atoms with Gasteiger partial charge in [0.15, 0.2) is 5.96 Å². The first-order valence-electron chi connectivity index (χ1n) is 8.86. The topological polar surface area (TPSA) is 66.0 Å². The number of nitrogens with zero attached hydrogens (tertiary/aromatic N) is 2. The fraction of sp³-hybridized carbons (Fsp3) is 0.579. The number of halogens is 1. The molecule has 6 nitrogen and oxygen atoms in total. The highest BCUT2D eigenvalue weighted by Crippen LogP contribution is 2.12. The van der Waals surface area contributed by atoms with Crippen LogP contribution in [0.15, 0.2) is 35.3 Å². The Morgan fingerprint density at radius 3 is 2.62 bits per heavy atom. The van der Waals surface area contributed by atoms with Crippen LogP contribution in [0.5, 0.6) is 0 Å². The summed E-state index contributed by atoms with van der Waals surface area (Å²) in [5.74, 6) is 0.879.